The Kier molecular flexibility index (Phi) is 12.3. The number of benzene rings is 4. The third-order valence-electron chi connectivity index (χ3n) is 8.27. The Labute approximate surface area is 326 Å². The molecule has 4 aromatic carbocycles. The first-order valence-electron chi connectivity index (χ1n) is 17.5. The van der Waals surface area contributed by atoms with Crippen LogP contribution in [0.2, 0.25) is 0 Å². The molecule has 0 saturated carbocycles. The van der Waals surface area contributed by atoms with Gasteiger partial charge >= 0.3 is 6.09 Å². The second-order valence-corrected chi connectivity index (χ2v) is 12.2. The van der Waals surface area contributed by atoms with Crippen LogP contribution in [0.15, 0.2) is 102 Å². The summed E-state index contributed by atoms with van der Waals surface area (Å²) < 4.78 is 31.5. The van der Waals surface area contributed by atoms with Crippen LogP contribution < -0.4 is 29.6 Å². The van der Waals surface area contributed by atoms with Crippen molar-refractivity contribution < 1.29 is 33.6 Å². The van der Waals surface area contributed by atoms with Crippen molar-refractivity contribution in [1.82, 2.24) is 29.9 Å². The topological polar surface area (TPSA) is 197 Å². The molecule has 17 heteroatoms. The van der Waals surface area contributed by atoms with Crippen LogP contribution in [-0.4, -0.2) is 80.7 Å². The number of nitrogens with one attached hydrogen (secondary N) is 2. The fourth-order valence-corrected chi connectivity index (χ4v) is 5.82. The van der Waals surface area contributed by atoms with E-state index in [9.17, 15) is 0 Å². The minimum Gasteiger partial charge on any atom is -0.486 e. The minimum atomic E-state index is -1.31. The second-order valence-electron chi connectivity index (χ2n) is 12.1. The monoisotopic (exact) mass is 773 g/mol. The molecule has 0 radical (unpaired) electrons. The van der Waals surface area contributed by atoms with Crippen molar-refractivity contribution in [2.24, 2.45) is 4.36 Å². The van der Waals surface area contributed by atoms with E-state index in [4.69, 9.17) is 33.6 Å². The van der Waals surface area contributed by atoms with Gasteiger partial charge in [-0.15, -0.1) is 4.36 Å². The molecule has 0 unspecified atom stereocenters. The Balaban J connectivity index is 0.000000905. The average molecular weight is 774 g/mol. The molecular formula is C39H35N9O7S. The first kappa shape index (κ1) is 37.5. The number of carboxylic acid groups (broad SMARTS) is 1. The van der Waals surface area contributed by atoms with Crippen LogP contribution in [0.1, 0.15) is 11.1 Å². The highest BCUT2D eigenvalue weighted by Crippen LogP contribution is 2.39. The summed E-state index contributed by atoms with van der Waals surface area (Å²) in [5.74, 6) is 4.57. The maximum absolute atomic E-state index is 9.10. The summed E-state index contributed by atoms with van der Waals surface area (Å²) in [6.45, 7) is 3.17. The van der Waals surface area contributed by atoms with Gasteiger partial charge in [-0.2, -0.15) is 9.97 Å². The van der Waals surface area contributed by atoms with Gasteiger partial charge in [-0.05, 0) is 72.5 Å². The number of nitrogens with zero attached hydrogens (tertiary/aromatic N) is 7. The molecule has 0 spiro atoms. The Morgan fingerprint density at radius 1 is 0.661 bits per heavy atom. The molecule has 8 rings (SSSR count). The molecular weight excluding hydrogens is 739 g/mol. The molecule has 2 aliphatic heterocycles. The highest BCUT2D eigenvalue weighted by molar-refractivity contribution is 7.47. The molecule has 2 aliphatic rings. The number of fused-ring (bicyclic) bond motifs is 2. The van der Waals surface area contributed by atoms with Gasteiger partial charge in [-0.3, -0.25) is 0 Å². The molecule has 3 N–H and O–H groups in total. The standard InChI is InChI=1S/C38H34N8O5.CHNO2S/c1-5-25(21-27(7-1)43-37-41-23-39-35(45-37)29-9-3-11-31-33(29)50-19-17-48-31)13-15-47-16-14-26-6-2-8-28(22-26)44-38-42-24-40-36(46-38)30-10-4-12-32-34(30)51-20-18-49-32;3-1(4)2-5/h1-12,21-24H,13-20H2,(H,39,41,43,45)(H,40,42,44,46);(H,3,4). The van der Waals surface area contributed by atoms with Crippen LogP contribution in [0, 0.1) is 0 Å². The van der Waals surface area contributed by atoms with E-state index in [-0.39, 0.29) is 0 Å². The molecule has 0 atom stereocenters. The Morgan fingerprint density at radius 3 is 1.57 bits per heavy atom. The first-order valence-corrected chi connectivity index (χ1v) is 17.9. The average Bonchev–Trinajstić information content (AvgIpc) is 3.24. The van der Waals surface area contributed by atoms with Gasteiger partial charge in [-0.25, -0.2) is 24.7 Å². The van der Waals surface area contributed by atoms with E-state index in [1.54, 1.807) is 0 Å². The largest absolute Gasteiger partial charge is 0.486 e. The molecule has 4 heterocycles. The van der Waals surface area contributed by atoms with E-state index in [1.807, 2.05) is 60.7 Å². The summed E-state index contributed by atoms with van der Waals surface area (Å²) in [6, 6.07) is 27.7. The number of aromatic nitrogens is 6. The molecule has 1 amide bonds. The zero-order valence-electron chi connectivity index (χ0n) is 29.8. The van der Waals surface area contributed by atoms with Gasteiger partial charge in [0.15, 0.2) is 34.6 Å². The molecule has 0 bridgehead atoms. The van der Waals surface area contributed by atoms with Gasteiger partial charge in [0.25, 0.3) is 0 Å². The first-order chi connectivity index (χ1) is 27.5. The molecule has 284 valence electrons. The molecule has 0 aliphatic carbocycles. The Bertz CT molecular complexity index is 2170. The van der Waals surface area contributed by atoms with Crippen LogP contribution in [0.25, 0.3) is 22.8 Å². The van der Waals surface area contributed by atoms with Crippen molar-refractivity contribution in [1.29, 1.82) is 0 Å². The summed E-state index contributed by atoms with van der Waals surface area (Å²) in [7, 11) is 0. The number of hydrogen-bond donors (Lipinski definition) is 3. The van der Waals surface area contributed by atoms with Crippen LogP contribution >= 0.6 is 0 Å². The number of hydrogen-bond acceptors (Lipinski definition) is 15. The van der Waals surface area contributed by atoms with Crippen molar-refractivity contribution in [2.75, 3.05) is 50.3 Å². The van der Waals surface area contributed by atoms with E-state index in [1.165, 1.54) is 12.7 Å². The van der Waals surface area contributed by atoms with Gasteiger partial charge in [0.1, 0.15) is 39.1 Å². The van der Waals surface area contributed by atoms with Gasteiger partial charge < -0.3 is 39.4 Å². The van der Waals surface area contributed by atoms with Crippen LogP contribution in [-0.2, 0) is 30.0 Å². The van der Waals surface area contributed by atoms with Crippen LogP contribution in [0.4, 0.5) is 28.1 Å². The smallest absolute Gasteiger partial charge is 0.442 e. The number of carbonyl (C=O) groups is 1. The van der Waals surface area contributed by atoms with Crippen LogP contribution in [0.5, 0.6) is 23.0 Å². The van der Waals surface area contributed by atoms with Crippen molar-refractivity contribution in [3.63, 3.8) is 0 Å². The number of para-hydroxylation sites is 2. The molecule has 0 saturated heterocycles. The van der Waals surface area contributed by atoms with E-state index in [0.717, 1.165) is 46.5 Å². The molecule has 2 aromatic heterocycles. The predicted octanol–water partition coefficient (Wildman–Crippen LogP) is 6.62. The predicted molar refractivity (Wildman–Crippen MR) is 208 cm³/mol. The number of amides is 1. The number of rotatable bonds is 12. The maximum Gasteiger partial charge on any atom is 0.442 e. The van der Waals surface area contributed by atoms with Crippen molar-refractivity contribution in [3.05, 3.63) is 109 Å². The second kappa shape index (κ2) is 18.5. The normalized spacial score (nSPS) is 12.4. The molecule has 6 aromatic rings. The van der Waals surface area contributed by atoms with Gasteiger partial charge in [0.2, 0.25) is 11.9 Å². The summed E-state index contributed by atoms with van der Waals surface area (Å²) in [4.78, 5) is 35.8. The third-order valence-corrected chi connectivity index (χ3v) is 8.43. The maximum atomic E-state index is 9.10. The van der Waals surface area contributed by atoms with Gasteiger partial charge in [0, 0.05) is 23.8 Å². The quantitative estimate of drug-likeness (QED) is 0.112. The lowest BCUT2D eigenvalue weighted by molar-refractivity contribution is 0.140. The Hall–Kier alpha value is -6.85. The van der Waals surface area contributed by atoms with Crippen LogP contribution in [0.3, 0.4) is 0 Å². The SMILES string of the molecule is O=C(O)N=S.c1cc(CCOCCc2cccc(Nc3ncnc(-c4cccc5c4OCCO5)n3)c2)cc(Nc2ncnc(-c3cccc4c3OCCO4)n2)c1. The summed E-state index contributed by atoms with van der Waals surface area (Å²) in [5.41, 5.74) is 5.54. The number of ether oxygens (including phenoxy) is 5. The van der Waals surface area contributed by atoms with E-state index in [2.05, 4.69) is 81.6 Å². The van der Waals surface area contributed by atoms with Gasteiger partial charge in [0.05, 0.1) is 24.3 Å². The fraction of sp³-hybridized carbons (Fsp3) is 0.205. The van der Waals surface area contributed by atoms with Crippen molar-refractivity contribution in [3.8, 4) is 45.8 Å². The van der Waals surface area contributed by atoms with E-state index >= 15 is 0 Å². The summed E-state index contributed by atoms with van der Waals surface area (Å²) in [6.07, 6.45) is 3.19. The summed E-state index contributed by atoms with van der Waals surface area (Å²) in [5, 5.41) is 14.1. The van der Waals surface area contributed by atoms with E-state index < -0.39 is 6.09 Å². The Morgan fingerprint density at radius 2 is 1.11 bits per heavy atom. The molecule has 16 nitrogen and oxygen atoms in total. The van der Waals surface area contributed by atoms with Crippen molar-refractivity contribution in [2.45, 2.75) is 12.8 Å². The lowest BCUT2D eigenvalue weighted by Crippen LogP contribution is -2.16. The summed E-state index contributed by atoms with van der Waals surface area (Å²) >= 11 is 3.70. The lowest BCUT2D eigenvalue weighted by Gasteiger charge is -2.20. The highest BCUT2D eigenvalue weighted by Gasteiger charge is 2.20. The lowest BCUT2D eigenvalue weighted by atomic mass is 10.1. The zero-order valence-corrected chi connectivity index (χ0v) is 30.6. The highest BCUT2D eigenvalue weighted by atomic mass is 32.1. The zero-order chi connectivity index (χ0) is 38.5. The minimum absolute atomic E-state index is 0.440. The molecule has 0 fully saturated rings. The van der Waals surface area contributed by atoms with Gasteiger partial charge in [-0.1, -0.05) is 36.4 Å². The number of anilines is 4. The fourth-order valence-electron chi connectivity index (χ4n) is 5.82. The molecule has 56 heavy (non-hydrogen) atoms. The van der Waals surface area contributed by atoms with E-state index in [0.29, 0.717) is 86.2 Å². The van der Waals surface area contributed by atoms with Crippen molar-refractivity contribution >= 4 is 41.8 Å². The third kappa shape index (κ3) is 9.82.